The third kappa shape index (κ3) is 8.22. The van der Waals surface area contributed by atoms with E-state index in [4.69, 9.17) is 14.2 Å². The molecule has 4 N–H and O–H groups in total. The van der Waals surface area contributed by atoms with Gasteiger partial charge in [-0.3, -0.25) is 9.59 Å². The lowest BCUT2D eigenvalue weighted by molar-refractivity contribution is -0.288. The number of nitriles is 1. The van der Waals surface area contributed by atoms with Gasteiger partial charge in [-0.1, -0.05) is 33.1 Å². The Balaban J connectivity index is 1.75. The van der Waals surface area contributed by atoms with Gasteiger partial charge in [-0.05, 0) is 18.9 Å². The first-order chi connectivity index (χ1) is 20.5. The van der Waals surface area contributed by atoms with Crippen LogP contribution in [0.2, 0.25) is 0 Å². The number of hydrogen-bond donors (Lipinski definition) is 4. The molecule has 1 aliphatic heterocycles. The molecule has 1 aliphatic rings. The summed E-state index contributed by atoms with van der Waals surface area (Å²) in [6, 6.07) is 2.37. The molecule has 1 aromatic heterocycles. The summed E-state index contributed by atoms with van der Waals surface area (Å²) in [6.07, 6.45) is -4.68. The Hall–Kier alpha value is -3.26. The van der Waals surface area contributed by atoms with Crippen molar-refractivity contribution >= 4 is 28.9 Å². The standard InChI is InChI=1S/C28H38F2N4O9/c1-3-5-7-8-19(35)34(15-42-20(36)9-11-41-14-18-24(37)25(38)26(39)27(40)43-18)28-32-22-17(29)12-16(13-31)21(30)23(22)33(28)10-6-4-2/h12,18,24-27,37-40H,3-11,14-15H2,1-2H3/t18-,24-,25+,26-,27-/m1/s1. The smallest absolute Gasteiger partial charge is 0.309 e. The van der Waals surface area contributed by atoms with Gasteiger partial charge in [-0.2, -0.15) is 5.26 Å². The minimum Gasteiger partial charge on any atom is -0.444 e. The van der Waals surface area contributed by atoms with Gasteiger partial charge in [0.25, 0.3) is 0 Å². The topological polar surface area (TPSA) is 188 Å². The number of nitrogens with zero attached hydrogens (tertiary/aromatic N) is 4. The van der Waals surface area contributed by atoms with E-state index in [2.05, 4.69) is 4.98 Å². The molecule has 15 heteroatoms. The fourth-order valence-electron chi connectivity index (χ4n) is 4.57. The Labute approximate surface area is 247 Å². The van der Waals surface area contributed by atoms with Gasteiger partial charge < -0.3 is 39.2 Å². The molecule has 1 fully saturated rings. The fraction of sp³-hybridized carbons (Fsp3) is 0.643. The molecule has 0 aliphatic carbocycles. The summed E-state index contributed by atoms with van der Waals surface area (Å²) in [5.41, 5.74) is -1.13. The number of amides is 1. The summed E-state index contributed by atoms with van der Waals surface area (Å²) in [6.45, 7) is 2.87. The SMILES string of the molecule is CCCCCC(=O)N(COC(=O)CCOC[C@H]1O[C@@H](O)[C@H](O)[C@@H](O)[C@@H]1O)c1nc2c(F)cc(C#N)c(F)c2n1CCCC. The minimum absolute atomic E-state index is 0.0655. The third-order valence-corrected chi connectivity index (χ3v) is 7.06. The van der Waals surface area contributed by atoms with E-state index in [-0.39, 0.29) is 49.6 Å². The second-order valence-electron chi connectivity index (χ2n) is 10.2. The normalized spacial score (nSPS) is 22.0. The lowest BCUT2D eigenvalue weighted by Gasteiger charge is -2.38. The molecule has 5 atom stereocenters. The Morgan fingerprint density at radius 2 is 1.81 bits per heavy atom. The first kappa shape index (κ1) is 34.2. The second kappa shape index (κ2) is 16.0. The summed E-state index contributed by atoms with van der Waals surface area (Å²) in [5, 5.41) is 48.2. The second-order valence-corrected chi connectivity index (χ2v) is 10.2. The van der Waals surface area contributed by atoms with Crippen LogP contribution in [0.15, 0.2) is 6.07 Å². The molecule has 13 nitrogen and oxygen atoms in total. The Kier molecular flexibility index (Phi) is 12.7. The summed E-state index contributed by atoms with van der Waals surface area (Å²) in [5.74, 6) is -3.28. The maximum Gasteiger partial charge on any atom is 0.309 e. The quantitative estimate of drug-likeness (QED) is 0.130. The molecule has 1 aromatic carbocycles. The highest BCUT2D eigenvalue weighted by atomic mass is 19.1. The highest BCUT2D eigenvalue weighted by Crippen LogP contribution is 2.30. The molecule has 0 unspecified atom stereocenters. The van der Waals surface area contributed by atoms with Crippen LogP contribution in [0.25, 0.3) is 11.0 Å². The van der Waals surface area contributed by atoms with E-state index in [1.165, 1.54) is 4.57 Å². The molecule has 0 bridgehead atoms. The van der Waals surface area contributed by atoms with E-state index in [0.717, 1.165) is 23.8 Å². The fourth-order valence-corrected chi connectivity index (χ4v) is 4.57. The number of hydrogen-bond acceptors (Lipinski definition) is 11. The van der Waals surface area contributed by atoms with Crippen LogP contribution in [-0.2, 0) is 30.3 Å². The predicted molar refractivity (Wildman–Crippen MR) is 146 cm³/mol. The number of unbranched alkanes of at least 4 members (excludes halogenated alkanes) is 3. The zero-order valence-electron chi connectivity index (χ0n) is 24.1. The predicted octanol–water partition coefficient (Wildman–Crippen LogP) is 1.61. The molecule has 2 heterocycles. The number of carbonyl (C=O) groups is 2. The minimum atomic E-state index is -1.73. The van der Waals surface area contributed by atoms with E-state index in [1.807, 2.05) is 13.8 Å². The number of ether oxygens (including phenoxy) is 3. The van der Waals surface area contributed by atoms with Crippen LogP contribution < -0.4 is 4.90 Å². The molecule has 1 saturated heterocycles. The lowest BCUT2D eigenvalue weighted by Crippen LogP contribution is -2.58. The van der Waals surface area contributed by atoms with Crippen LogP contribution in [0, 0.1) is 23.0 Å². The van der Waals surface area contributed by atoms with Crippen LogP contribution >= 0.6 is 0 Å². The molecular weight excluding hydrogens is 574 g/mol. The summed E-state index contributed by atoms with van der Waals surface area (Å²) in [4.78, 5) is 31.1. The number of anilines is 1. The number of rotatable bonds is 15. The van der Waals surface area contributed by atoms with Crippen molar-refractivity contribution in [3.63, 3.8) is 0 Å². The van der Waals surface area contributed by atoms with Gasteiger partial charge >= 0.3 is 5.97 Å². The highest BCUT2D eigenvalue weighted by Gasteiger charge is 2.43. The zero-order valence-corrected chi connectivity index (χ0v) is 24.1. The van der Waals surface area contributed by atoms with E-state index in [1.54, 1.807) is 6.07 Å². The third-order valence-electron chi connectivity index (χ3n) is 7.06. The van der Waals surface area contributed by atoms with Crippen molar-refractivity contribution in [2.75, 3.05) is 24.8 Å². The van der Waals surface area contributed by atoms with E-state index < -0.39 is 66.5 Å². The van der Waals surface area contributed by atoms with Gasteiger partial charge in [0.15, 0.2) is 24.7 Å². The summed E-state index contributed by atoms with van der Waals surface area (Å²) in [7, 11) is 0. The van der Waals surface area contributed by atoms with Crippen molar-refractivity contribution in [1.29, 1.82) is 5.26 Å². The number of aromatic nitrogens is 2. The van der Waals surface area contributed by atoms with Crippen LogP contribution in [0.1, 0.15) is 64.4 Å². The first-order valence-corrected chi connectivity index (χ1v) is 14.2. The summed E-state index contributed by atoms with van der Waals surface area (Å²) >= 11 is 0. The van der Waals surface area contributed by atoms with Crippen molar-refractivity contribution in [3.8, 4) is 6.07 Å². The van der Waals surface area contributed by atoms with Crippen molar-refractivity contribution < 1.29 is 53.0 Å². The van der Waals surface area contributed by atoms with Gasteiger partial charge in [-0.25, -0.2) is 18.7 Å². The van der Waals surface area contributed by atoms with Gasteiger partial charge in [0.05, 0.1) is 25.2 Å². The number of halogens is 2. The Morgan fingerprint density at radius 3 is 2.49 bits per heavy atom. The van der Waals surface area contributed by atoms with Crippen molar-refractivity contribution in [2.45, 2.75) is 96.0 Å². The number of imidazole rings is 1. The average molecular weight is 613 g/mol. The van der Waals surface area contributed by atoms with Crippen LogP contribution in [0.4, 0.5) is 14.7 Å². The number of benzene rings is 1. The van der Waals surface area contributed by atoms with E-state index >= 15 is 4.39 Å². The molecular formula is C28H38F2N4O9. The number of aliphatic hydroxyl groups excluding tert-OH is 4. The molecule has 238 valence electrons. The molecule has 0 radical (unpaired) electrons. The lowest BCUT2D eigenvalue weighted by atomic mass is 9.99. The Bertz CT molecular complexity index is 1300. The maximum atomic E-state index is 15.3. The number of aryl methyl sites for hydroxylation is 1. The molecule has 0 spiro atoms. The van der Waals surface area contributed by atoms with E-state index in [9.17, 15) is 39.7 Å². The average Bonchev–Trinajstić information content (AvgIpc) is 3.37. The molecule has 3 rings (SSSR count). The molecule has 43 heavy (non-hydrogen) atoms. The number of carbonyl (C=O) groups excluding carboxylic acids is 2. The molecule has 2 aromatic rings. The Morgan fingerprint density at radius 1 is 1.09 bits per heavy atom. The number of esters is 1. The monoisotopic (exact) mass is 612 g/mol. The number of fused-ring (bicyclic) bond motifs is 1. The largest absolute Gasteiger partial charge is 0.444 e. The van der Waals surface area contributed by atoms with Crippen molar-refractivity contribution in [3.05, 3.63) is 23.3 Å². The van der Waals surface area contributed by atoms with Gasteiger partial charge in [0.1, 0.15) is 41.5 Å². The van der Waals surface area contributed by atoms with Crippen LogP contribution in [-0.4, -0.2) is 92.5 Å². The number of aliphatic hydroxyl groups is 4. The van der Waals surface area contributed by atoms with Crippen molar-refractivity contribution in [2.24, 2.45) is 0 Å². The van der Waals surface area contributed by atoms with Crippen LogP contribution in [0.3, 0.4) is 0 Å². The van der Waals surface area contributed by atoms with Gasteiger partial charge in [0, 0.05) is 13.0 Å². The zero-order chi connectivity index (χ0) is 31.7. The first-order valence-electron chi connectivity index (χ1n) is 14.2. The van der Waals surface area contributed by atoms with Gasteiger partial charge in [0.2, 0.25) is 11.9 Å². The molecule has 0 saturated carbocycles. The molecule has 1 amide bonds. The van der Waals surface area contributed by atoms with Crippen LogP contribution in [0.5, 0.6) is 0 Å². The van der Waals surface area contributed by atoms with Gasteiger partial charge in [-0.15, -0.1) is 0 Å². The van der Waals surface area contributed by atoms with Crippen molar-refractivity contribution in [1.82, 2.24) is 9.55 Å². The highest BCUT2D eigenvalue weighted by molar-refractivity contribution is 5.94. The summed E-state index contributed by atoms with van der Waals surface area (Å²) < 4.78 is 47.1. The van der Waals surface area contributed by atoms with E-state index in [0.29, 0.717) is 19.3 Å². The maximum absolute atomic E-state index is 15.3.